The molecule has 0 bridgehead atoms. The molecule has 162 valence electrons. The van der Waals surface area contributed by atoms with E-state index in [1.165, 1.54) is 5.56 Å². The van der Waals surface area contributed by atoms with E-state index in [2.05, 4.69) is 70.2 Å². The van der Waals surface area contributed by atoms with Gasteiger partial charge in [0.2, 0.25) is 0 Å². The number of fused-ring (bicyclic) bond motifs is 1. The number of aromatic nitrogens is 4. The van der Waals surface area contributed by atoms with Gasteiger partial charge in [0.05, 0.1) is 24.6 Å². The normalized spacial score (nSPS) is 13.9. The molecule has 0 N–H and O–H groups in total. The summed E-state index contributed by atoms with van der Waals surface area (Å²) in [6, 6.07) is 14.1. The molecule has 1 aromatic carbocycles. The van der Waals surface area contributed by atoms with Gasteiger partial charge in [0.15, 0.2) is 5.82 Å². The van der Waals surface area contributed by atoms with Gasteiger partial charge < -0.3 is 14.5 Å². The van der Waals surface area contributed by atoms with Crippen molar-refractivity contribution in [3.05, 3.63) is 79.0 Å². The Labute approximate surface area is 187 Å². The van der Waals surface area contributed by atoms with Gasteiger partial charge in [-0.05, 0) is 35.2 Å². The first-order valence-electron chi connectivity index (χ1n) is 10.6. The van der Waals surface area contributed by atoms with Crippen molar-refractivity contribution in [2.75, 3.05) is 18.6 Å². The number of anilines is 1. The monoisotopic (exact) mass is 426 g/mol. The fourth-order valence-electron chi connectivity index (χ4n) is 3.69. The molecule has 32 heavy (non-hydrogen) atoms. The van der Waals surface area contributed by atoms with Crippen molar-refractivity contribution in [1.29, 1.82) is 0 Å². The summed E-state index contributed by atoms with van der Waals surface area (Å²) in [7, 11) is 2.05. The molecule has 0 saturated carbocycles. The third-order valence-electron chi connectivity index (χ3n) is 5.49. The predicted octanol–water partition coefficient (Wildman–Crippen LogP) is 5.09. The second-order valence-electron chi connectivity index (χ2n) is 9.05. The van der Waals surface area contributed by atoms with E-state index in [-0.39, 0.29) is 5.41 Å². The quantitative estimate of drug-likeness (QED) is 0.453. The van der Waals surface area contributed by atoms with Gasteiger partial charge >= 0.3 is 0 Å². The first-order chi connectivity index (χ1) is 15.4. The second-order valence-corrected chi connectivity index (χ2v) is 9.05. The number of benzene rings is 1. The second kappa shape index (κ2) is 7.67. The number of ether oxygens (including phenoxy) is 1. The third kappa shape index (κ3) is 3.89. The largest absolute Gasteiger partial charge is 0.456 e. The molecule has 0 atom stereocenters. The van der Waals surface area contributed by atoms with E-state index in [0.717, 1.165) is 35.0 Å². The lowest BCUT2D eigenvalue weighted by atomic mass is 9.88. The standard InChI is InChI=1S/C25H26N6O/c1-25(2,3)18-8-9-26-24(12-18)31-23-14-21(15-27-22(23)16-28-31)32-20-7-5-6-19(13-20)30-11-10-29(4)17-30/h5-16H,17H2,1-4H3. The van der Waals surface area contributed by atoms with E-state index in [0.29, 0.717) is 5.75 Å². The van der Waals surface area contributed by atoms with Crippen molar-refractivity contribution in [3.63, 3.8) is 0 Å². The van der Waals surface area contributed by atoms with Crippen molar-refractivity contribution in [3.8, 4) is 17.3 Å². The van der Waals surface area contributed by atoms with Gasteiger partial charge in [0, 0.05) is 43.5 Å². The molecular weight excluding hydrogens is 400 g/mol. The first-order valence-corrected chi connectivity index (χ1v) is 10.6. The Morgan fingerprint density at radius 2 is 1.81 bits per heavy atom. The SMILES string of the molecule is CN1C=CN(c2cccc(Oc3cnc4cnn(-c5cc(C(C)(C)C)ccn5)c4c3)c2)C1. The molecule has 0 aliphatic carbocycles. The van der Waals surface area contributed by atoms with Crippen molar-refractivity contribution in [2.45, 2.75) is 26.2 Å². The zero-order valence-electron chi connectivity index (χ0n) is 18.7. The number of nitrogens with zero attached hydrogens (tertiary/aromatic N) is 6. The van der Waals surface area contributed by atoms with Gasteiger partial charge in [0.1, 0.15) is 17.0 Å². The summed E-state index contributed by atoms with van der Waals surface area (Å²) in [6.45, 7) is 7.37. The fourth-order valence-corrected chi connectivity index (χ4v) is 3.69. The summed E-state index contributed by atoms with van der Waals surface area (Å²) < 4.78 is 7.97. The van der Waals surface area contributed by atoms with Crippen LogP contribution < -0.4 is 9.64 Å². The maximum absolute atomic E-state index is 6.16. The molecule has 1 aliphatic rings. The van der Waals surface area contributed by atoms with Gasteiger partial charge in [-0.2, -0.15) is 5.10 Å². The minimum atomic E-state index is 0.0253. The van der Waals surface area contributed by atoms with E-state index in [1.54, 1.807) is 12.4 Å². The van der Waals surface area contributed by atoms with E-state index in [9.17, 15) is 0 Å². The van der Waals surface area contributed by atoms with Gasteiger partial charge in [-0.15, -0.1) is 0 Å². The van der Waals surface area contributed by atoms with Crippen molar-refractivity contribution >= 4 is 16.7 Å². The van der Waals surface area contributed by atoms with Crippen LogP contribution in [0.15, 0.2) is 73.5 Å². The Morgan fingerprint density at radius 3 is 2.59 bits per heavy atom. The molecule has 0 amide bonds. The van der Waals surface area contributed by atoms with Crippen LogP contribution in [0.1, 0.15) is 26.3 Å². The van der Waals surface area contributed by atoms with Crippen LogP contribution in [-0.4, -0.2) is 38.4 Å². The van der Waals surface area contributed by atoms with Gasteiger partial charge in [-0.1, -0.05) is 26.8 Å². The highest BCUT2D eigenvalue weighted by Gasteiger charge is 2.16. The summed E-state index contributed by atoms with van der Waals surface area (Å²) in [5.74, 6) is 2.17. The molecule has 5 rings (SSSR count). The fraction of sp³-hybridized carbons (Fsp3) is 0.240. The molecule has 3 aromatic heterocycles. The maximum atomic E-state index is 6.16. The lowest BCUT2D eigenvalue weighted by Crippen LogP contribution is -2.21. The van der Waals surface area contributed by atoms with E-state index < -0.39 is 0 Å². The Bertz CT molecular complexity index is 1300. The molecule has 4 aromatic rings. The van der Waals surface area contributed by atoms with Crippen LogP contribution in [0.4, 0.5) is 5.69 Å². The van der Waals surface area contributed by atoms with Gasteiger partial charge in [-0.3, -0.25) is 0 Å². The lowest BCUT2D eigenvalue weighted by Gasteiger charge is -2.19. The molecule has 7 heteroatoms. The molecule has 0 fully saturated rings. The maximum Gasteiger partial charge on any atom is 0.154 e. The molecular formula is C25H26N6O. The zero-order chi connectivity index (χ0) is 22.3. The van der Waals surface area contributed by atoms with Crippen molar-refractivity contribution in [1.82, 2.24) is 24.6 Å². The van der Waals surface area contributed by atoms with E-state index in [1.807, 2.05) is 48.3 Å². The predicted molar refractivity (Wildman–Crippen MR) is 126 cm³/mol. The molecule has 0 saturated heterocycles. The van der Waals surface area contributed by atoms with Crippen LogP contribution in [-0.2, 0) is 5.41 Å². The average Bonchev–Trinajstić information content (AvgIpc) is 3.39. The smallest absolute Gasteiger partial charge is 0.154 e. The van der Waals surface area contributed by atoms with Gasteiger partial charge in [0.25, 0.3) is 0 Å². The lowest BCUT2D eigenvalue weighted by molar-refractivity contribution is 0.479. The first kappa shape index (κ1) is 20.1. The average molecular weight is 427 g/mol. The highest BCUT2D eigenvalue weighted by Crippen LogP contribution is 2.29. The summed E-state index contributed by atoms with van der Waals surface area (Å²) in [4.78, 5) is 13.4. The summed E-state index contributed by atoms with van der Waals surface area (Å²) in [5.41, 5.74) is 3.94. The van der Waals surface area contributed by atoms with Gasteiger partial charge in [-0.25, -0.2) is 14.6 Å². The summed E-state index contributed by atoms with van der Waals surface area (Å²) >= 11 is 0. The molecule has 0 unspecified atom stereocenters. The van der Waals surface area contributed by atoms with E-state index >= 15 is 0 Å². The highest BCUT2D eigenvalue weighted by atomic mass is 16.5. The van der Waals surface area contributed by atoms with Crippen LogP contribution in [0.25, 0.3) is 16.9 Å². The summed E-state index contributed by atoms with van der Waals surface area (Å²) in [6.07, 6.45) is 9.41. The molecule has 4 heterocycles. The number of hydrogen-bond acceptors (Lipinski definition) is 6. The van der Waals surface area contributed by atoms with Crippen LogP contribution in [0, 0.1) is 0 Å². The Morgan fingerprint density at radius 1 is 0.938 bits per heavy atom. The minimum absolute atomic E-state index is 0.0253. The van der Waals surface area contributed by atoms with Crippen LogP contribution in [0.2, 0.25) is 0 Å². The van der Waals surface area contributed by atoms with Crippen LogP contribution in [0.3, 0.4) is 0 Å². The summed E-state index contributed by atoms with van der Waals surface area (Å²) in [5, 5.41) is 4.53. The number of hydrogen-bond donors (Lipinski definition) is 0. The van der Waals surface area contributed by atoms with E-state index in [4.69, 9.17) is 4.74 Å². The Balaban J connectivity index is 1.46. The van der Waals surface area contributed by atoms with Crippen LogP contribution >= 0.6 is 0 Å². The third-order valence-corrected chi connectivity index (χ3v) is 5.49. The Kier molecular flexibility index (Phi) is 4.81. The molecule has 0 radical (unpaired) electrons. The minimum Gasteiger partial charge on any atom is -0.456 e. The highest BCUT2D eigenvalue weighted by molar-refractivity contribution is 5.77. The Hall–Kier alpha value is -3.87. The van der Waals surface area contributed by atoms with Crippen molar-refractivity contribution < 1.29 is 4.74 Å². The number of pyridine rings is 2. The zero-order valence-corrected chi connectivity index (χ0v) is 18.7. The van der Waals surface area contributed by atoms with Crippen LogP contribution in [0.5, 0.6) is 11.5 Å². The molecule has 1 aliphatic heterocycles. The molecule has 0 spiro atoms. The molecule has 7 nitrogen and oxygen atoms in total. The topological polar surface area (TPSA) is 59.3 Å². The number of rotatable bonds is 4. The van der Waals surface area contributed by atoms with Crippen molar-refractivity contribution in [2.24, 2.45) is 0 Å².